The lowest BCUT2D eigenvalue weighted by Crippen LogP contribution is -2.03. The van der Waals surface area contributed by atoms with Crippen molar-refractivity contribution in [2.75, 3.05) is 5.43 Å². The fraction of sp³-hybridized carbons (Fsp3) is 0.188. The highest BCUT2D eigenvalue weighted by Crippen LogP contribution is 2.23. The van der Waals surface area contributed by atoms with Gasteiger partial charge in [-0.15, -0.1) is 0 Å². The predicted octanol–water partition coefficient (Wildman–Crippen LogP) is 4.05. The minimum atomic E-state index is -0.426. The van der Waals surface area contributed by atoms with Crippen LogP contribution in [-0.2, 0) is 0 Å². The molecule has 2 rings (SSSR count). The van der Waals surface area contributed by atoms with Gasteiger partial charge in [0, 0.05) is 11.6 Å². The van der Waals surface area contributed by atoms with Crippen LogP contribution < -0.4 is 5.43 Å². The molecule has 108 valence electrons. The summed E-state index contributed by atoms with van der Waals surface area (Å²) in [7, 11) is 0. The lowest BCUT2D eigenvalue weighted by atomic mass is 10.0. The van der Waals surface area contributed by atoms with Crippen molar-refractivity contribution < 1.29 is 4.92 Å². The molecule has 0 bridgehead atoms. The van der Waals surface area contributed by atoms with Gasteiger partial charge in [0.25, 0.3) is 5.69 Å². The van der Waals surface area contributed by atoms with Gasteiger partial charge in [-0.1, -0.05) is 35.9 Å². The van der Waals surface area contributed by atoms with Gasteiger partial charge < -0.3 is 0 Å². The second kappa shape index (κ2) is 6.17. The Kier molecular flexibility index (Phi) is 4.33. The molecule has 1 N–H and O–H groups in total. The average Bonchev–Trinajstić information content (AvgIpc) is 2.45. The number of hydrazone groups is 1. The first-order valence-electron chi connectivity index (χ1n) is 6.60. The second-order valence-corrected chi connectivity index (χ2v) is 4.90. The zero-order valence-electron chi connectivity index (χ0n) is 12.3. The number of rotatable bonds is 4. The summed E-state index contributed by atoms with van der Waals surface area (Å²) < 4.78 is 0. The van der Waals surface area contributed by atoms with Gasteiger partial charge in [0.1, 0.15) is 5.69 Å². The van der Waals surface area contributed by atoms with Crippen LogP contribution in [0.25, 0.3) is 0 Å². The Labute approximate surface area is 123 Å². The van der Waals surface area contributed by atoms with Gasteiger partial charge in [-0.2, -0.15) is 5.10 Å². The molecular formula is C16H17N3O2. The van der Waals surface area contributed by atoms with Crippen LogP contribution in [0.1, 0.15) is 23.6 Å². The Morgan fingerprint density at radius 2 is 1.90 bits per heavy atom. The Balaban J connectivity index is 2.27. The molecule has 0 saturated heterocycles. The third-order valence-corrected chi connectivity index (χ3v) is 3.22. The zero-order chi connectivity index (χ0) is 15.4. The van der Waals surface area contributed by atoms with Crippen LogP contribution >= 0.6 is 0 Å². The summed E-state index contributed by atoms with van der Waals surface area (Å²) in [5, 5.41) is 15.2. The van der Waals surface area contributed by atoms with Gasteiger partial charge in [0.2, 0.25) is 0 Å². The van der Waals surface area contributed by atoms with Crippen molar-refractivity contribution in [1.29, 1.82) is 0 Å². The highest BCUT2D eigenvalue weighted by Gasteiger charge is 2.11. The summed E-state index contributed by atoms with van der Waals surface area (Å²) in [4.78, 5) is 10.5. The summed E-state index contributed by atoms with van der Waals surface area (Å²) in [6.07, 6.45) is 0. The molecule has 2 aromatic carbocycles. The maximum absolute atomic E-state index is 10.9. The number of anilines is 1. The van der Waals surface area contributed by atoms with Gasteiger partial charge in [-0.3, -0.25) is 15.5 Å². The number of aryl methyl sites for hydroxylation is 2. The molecule has 0 fully saturated rings. The molecule has 0 aliphatic carbocycles. The molecule has 0 saturated carbocycles. The zero-order valence-corrected chi connectivity index (χ0v) is 12.3. The van der Waals surface area contributed by atoms with Crippen molar-refractivity contribution in [3.05, 3.63) is 69.3 Å². The Hall–Kier alpha value is -2.69. The Bertz CT molecular complexity index is 708. The third kappa shape index (κ3) is 3.45. The van der Waals surface area contributed by atoms with E-state index >= 15 is 0 Å². The number of hydrogen-bond donors (Lipinski definition) is 1. The number of nitrogens with zero attached hydrogens (tertiary/aromatic N) is 2. The van der Waals surface area contributed by atoms with Crippen LogP contribution in [-0.4, -0.2) is 10.6 Å². The van der Waals surface area contributed by atoms with Crippen LogP contribution in [0.5, 0.6) is 0 Å². The molecule has 0 aliphatic rings. The van der Waals surface area contributed by atoms with Crippen LogP contribution in [0, 0.1) is 24.0 Å². The standard InChI is InChI=1S/C16H17N3O2/c1-11-8-9-14(12(2)10-11)13(3)17-18-15-6-4-5-7-16(15)19(20)21/h4-10,18H,1-3H3/b17-13-. The number of nitro groups is 1. The first kappa shape index (κ1) is 14.7. The van der Waals surface area contributed by atoms with E-state index in [1.807, 2.05) is 32.9 Å². The molecular weight excluding hydrogens is 266 g/mol. The monoisotopic (exact) mass is 283 g/mol. The largest absolute Gasteiger partial charge is 0.294 e. The van der Waals surface area contributed by atoms with Crippen LogP contribution in [0.15, 0.2) is 47.6 Å². The number of nitrogens with one attached hydrogen (secondary N) is 1. The van der Waals surface area contributed by atoms with Crippen LogP contribution in [0.2, 0.25) is 0 Å². The normalized spacial score (nSPS) is 11.3. The van der Waals surface area contributed by atoms with E-state index in [0.29, 0.717) is 5.69 Å². The van der Waals surface area contributed by atoms with E-state index in [2.05, 4.69) is 16.6 Å². The predicted molar refractivity (Wildman–Crippen MR) is 84.8 cm³/mol. The number of benzene rings is 2. The molecule has 5 heteroatoms. The third-order valence-electron chi connectivity index (χ3n) is 3.22. The summed E-state index contributed by atoms with van der Waals surface area (Å²) >= 11 is 0. The van der Waals surface area contributed by atoms with Gasteiger partial charge in [0.05, 0.1) is 10.6 Å². The van der Waals surface area contributed by atoms with Crippen LogP contribution in [0.4, 0.5) is 11.4 Å². The molecule has 21 heavy (non-hydrogen) atoms. The summed E-state index contributed by atoms with van der Waals surface area (Å²) in [6, 6.07) is 12.6. The molecule has 0 unspecified atom stereocenters. The van der Waals surface area contributed by atoms with Gasteiger partial charge in [-0.25, -0.2) is 0 Å². The van der Waals surface area contributed by atoms with Crippen molar-refractivity contribution in [3.8, 4) is 0 Å². The maximum atomic E-state index is 10.9. The summed E-state index contributed by atoms with van der Waals surface area (Å²) in [5.41, 5.74) is 7.29. The van der Waals surface area contributed by atoms with Crippen molar-refractivity contribution in [3.63, 3.8) is 0 Å². The quantitative estimate of drug-likeness (QED) is 0.523. The molecule has 5 nitrogen and oxygen atoms in total. The van der Waals surface area contributed by atoms with E-state index in [9.17, 15) is 10.1 Å². The first-order valence-corrected chi connectivity index (χ1v) is 6.60. The molecule has 0 spiro atoms. The lowest BCUT2D eigenvalue weighted by molar-refractivity contribution is -0.384. The summed E-state index contributed by atoms with van der Waals surface area (Å²) in [6.45, 7) is 5.93. The smallest absolute Gasteiger partial charge is 0.271 e. The second-order valence-electron chi connectivity index (χ2n) is 4.90. The van der Waals surface area contributed by atoms with Crippen LogP contribution in [0.3, 0.4) is 0 Å². The van der Waals surface area contributed by atoms with E-state index in [4.69, 9.17) is 0 Å². The van der Waals surface area contributed by atoms with Crippen molar-refractivity contribution in [2.45, 2.75) is 20.8 Å². The fourth-order valence-corrected chi connectivity index (χ4v) is 2.15. The van der Waals surface area contributed by atoms with E-state index in [1.54, 1.807) is 18.2 Å². The summed E-state index contributed by atoms with van der Waals surface area (Å²) in [5.74, 6) is 0. The van der Waals surface area contributed by atoms with Crippen molar-refractivity contribution >= 4 is 17.1 Å². The highest BCUT2D eigenvalue weighted by atomic mass is 16.6. The maximum Gasteiger partial charge on any atom is 0.294 e. The average molecular weight is 283 g/mol. The van der Waals surface area contributed by atoms with Gasteiger partial charge >= 0.3 is 0 Å². The number of nitro benzene ring substituents is 1. The van der Waals surface area contributed by atoms with Gasteiger partial charge in [0.15, 0.2) is 0 Å². The van der Waals surface area contributed by atoms with E-state index in [1.165, 1.54) is 11.6 Å². The molecule has 0 aromatic heterocycles. The SMILES string of the molecule is C/C(=N/Nc1ccccc1[N+](=O)[O-])c1ccc(C)cc1C. The number of hydrogen-bond acceptors (Lipinski definition) is 4. The van der Waals surface area contributed by atoms with Gasteiger partial charge in [-0.05, 0) is 32.4 Å². The molecule has 0 aliphatic heterocycles. The van der Waals surface area contributed by atoms with E-state index in [-0.39, 0.29) is 5.69 Å². The molecule has 0 radical (unpaired) electrons. The Morgan fingerprint density at radius 1 is 1.19 bits per heavy atom. The topological polar surface area (TPSA) is 67.5 Å². The molecule has 0 heterocycles. The number of para-hydroxylation sites is 2. The fourth-order valence-electron chi connectivity index (χ4n) is 2.15. The minimum Gasteiger partial charge on any atom is -0.271 e. The molecule has 0 atom stereocenters. The van der Waals surface area contributed by atoms with Crippen molar-refractivity contribution in [2.24, 2.45) is 5.10 Å². The highest BCUT2D eigenvalue weighted by molar-refractivity contribution is 6.00. The minimum absolute atomic E-state index is 0.00896. The van der Waals surface area contributed by atoms with E-state index < -0.39 is 4.92 Å². The Morgan fingerprint density at radius 3 is 2.57 bits per heavy atom. The van der Waals surface area contributed by atoms with Crippen molar-refractivity contribution in [1.82, 2.24) is 0 Å². The molecule has 0 amide bonds. The molecule has 2 aromatic rings. The lowest BCUT2D eigenvalue weighted by Gasteiger charge is -2.07. The van der Waals surface area contributed by atoms with E-state index in [0.717, 1.165) is 16.8 Å². The first-order chi connectivity index (χ1) is 9.99.